The van der Waals surface area contributed by atoms with Crippen LogP contribution < -0.4 is 14.8 Å². The molecule has 2 aromatic heterocycles. The Kier molecular flexibility index (Phi) is 4.41. The molecule has 0 aliphatic carbocycles. The highest BCUT2D eigenvalue weighted by molar-refractivity contribution is 9.10. The number of aryl methyl sites for hydroxylation is 1. The molecule has 0 fully saturated rings. The van der Waals surface area contributed by atoms with E-state index in [0.717, 1.165) is 6.07 Å². The minimum Gasteiger partial charge on any atom is -0.486 e. The molecule has 1 N–H and O–H groups in total. The standard InChI is InChI=1S/C17H12BrF3N4O3/c1-8-6-12(17(19,20)21)25-15(22-8)13(18)14(24-25)16(26)23-9-2-3-10-11(7-9)28-5-4-27-10/h2-3,6-7H,4-5H2,1H3,(H,23,26). The predicted octanol–water partition coefficient (Wildman–Crippen LogP) is 3.84. The van der Waals surface area contributed by atoms with E-state index in [9.17, 15) is 18.0 Å². The predicted molar refractivity (Wildman–Crippen MR) is 95.8 cm³/mol. The Morgan fingerprint density at radius 1 is 1.21 bits per heavy atom. The van der Waals surface area contributed by atoms with E-state index in [4.69, 9.17) is 9.47 Å². The third kappa shape index (κ3) is 3.26. The summed E-state index contributed by atoms with van der Waals surface area (Å²) in [5.41, 5.74) is -0.801. The van der Waals surface area contributed by atoms with Gasteiger partial charge in [0.05, 0.1) is 4.47 Å². The van der Waals surface area contributed by atoms with Gasteiger partial charge in [0.25, 0.3) is 5.91 Å². The second kappa shape index (κ2) is 6.66. The molecular weight excluding hydrogens is 445 g/mol. The number of nitrogens with one attached hydrogen (secondary N) is 1. The van der Waals surface area contributed by atoms with E-state index in [1.54, 1.807) is 18.2 Å². The number of halogens is 4. The van der Waals surface area contributed by atoms with Crippen molar-refractivity contribution in [2.75, 3.05) is 18.5 Å². The van der Waals surface area contributed by atoms with Crippen LogP contribution in [-0.4, -0.2) is 33.7 Å². The molecule has 1 aliphatic heterocycles. The van der Waals surface area contributed by atoms with Gasteiger partial charge in [-0.3, -0.25) is 4.79 Å². The van der Waals surface area contributed by atoms with Crippen LogP contribution in [0.15, 0.2) is 28.7 Å². The molecule has 1 aromatic carbocycles. The van der Waals surface area contributed by atoms with Crippen LogP contribution in [0, 0.1) is 6.92 Å². The van der Waals surface area contributed by atoms with E-state index in [-0.39, 0.29) is 21.5 Å². The molecule has 11 heteroatoms. The summed E-state index contributed by atoms with van der Waals surface area (Å²) in [6.45, 7) is 2.25. The zero-order valence-corrected chi connectivity index (χ0v) is 15.9. The number of benzene rings is 1. The number of ether oxygens (including phenoxy) is 2. The number of carbonyl (C=O) groups excluding carboxylic acids is 1. The summed E-state index contributed by atoms with van der Waals surface area (Å²) < 4.78 is 51.5. The number of anilines is 1. The smallest absolute Gasteiger partial charge is 0.433 e. The van der Waals surface area contributed by atoms with Gasteiger partial charge in [0, 0.05) is 17.4 Å². The molecule has 0 radical (unpaired) electrons. The topological polar surface area (TPSA) is 77.8 Å². The fourth-order valence-electron chi connectivity index (χ4n) is 2.77. The monoisotopic (exact) mass is 456 g/mol. The number of amides is 1. The first-order valence-corrected chi connectivity index (χ1v) is 8.87. The lowest BCUT2D eigenvalue weighted by molar-refractivity contribution is -0.142. The van der Waals surface area contributed by atoms with Crippen LogP contribution in [0.4, 0.5) is 18.9 Å². The summed E-state index contributed by atoms with van der Waals surface area (Å²) in [4.78, 5) is 16.7. The number of aromatic nitrogens is 3. The highest BCUT2D eigenvalue weighted by Gasteiger charge is 2.36. The van der Waals surface area contributed by atoms with Gasteiger partial charge in [0.15, 0.2) is 22.8 Å². The van der Waals surface area contributed by atoms with Gasteiger partial charge >= 0.3 is 6.18 Å². The lowest BCUT2D eigenvalue weighted by Gasteiger charge is -2.18. The fourth-order valence-corrected chi connectivity index (χ4v) is 3.29. The first-order chi connectivity index (χ1) is 13.2. The Labute approximate surface area is 164 Å². The third-order valence-electron chi connectivity index (χ3n) is 3.97. The molecule has 0 unspecified atom stereocenters. The number of alkyl halides is 3. The van der Waals surface area contributed by atoms with Crippen LogP contribution in [0.3, 0.4) is 0 Å². The largest absolute Gasteiger partial charge is 0.486 e. The highest BCUT2D eigenvalue weighted by Crippen LogP contribution is 2.34. The summed E-state index contributed by atoms with van der Waals surface area (Å²) in [5.74, 6) is 0.322. The van der Waals surface area contributed by atoms with Crippen LogP contribution in [0.5, 0.6) is 11.5 Å². The van der Waals surface area contributed by atoms with Crippen molar-refractivity contribution in [2.45, 2.75) is 13.1 Å². The molecule has 3 heterocycles. The maximum absolute atomic E-state index is 13.3. The first kappa shape index (κ1) is 18.5. The first-order valence-electron chi connectivity index (χ1n) is 8.08. The second-order valence-electron chi connectivity index (χ2n) is 5.99. The lowest BCUT2D eigenvalue weighted by atomic mass is 10.2. The van der Waals surface area contributed by atoms with Crippen molar-refractivity contribution < 1.29 is 27.4 Å². The molecule has 1 amide bonds. The molecule has 0 bridgehead atoms. The number of rotatable bonds is 2. The van der Waals surface area contributed by atoms with Crippen LogP contribution in [0.25, 0.3) is 5.65 Å². The van der Waals surface area contributed by atoms with E-state index < -0.39 is 17.8 Å². The molecule has 3 aromatic rings. The number of hydrogen-bond acceptors (Lipinski definition) is 5. The SMILES string of the molecule is Cc1cc(C(F)(F)F)n2nc(C(=O)Nc3ccc4c(c3)OCCO4)c(Br)c2n1. The molecule has 1 aliphatic rings. The van der Waals surface area contributed by atoms with Gasteiger partial charge in [-0.15, -0.1) is 0 Å². The second-order valence-corrected chi connectivity index (χ2v) is 6.78. The van der Waals surface area contributed by atoms with Crippen LogP contribution >= 0.6 is 15.9 Å². The van der Waals surface area contributed by atoms with Crippen molar-refractivity contribution >= 4 is 33.2 Å². The van der Waals surface area contributed by atoms with Crippen molar-refractivity contribution in [3.05, 3.63) is 45.8 Å². The zero-order chi connectivity index (χ0) is 20.1. The molecule has 0 saturated carbocycles. The van der Waals surface area contributed by atoms with Crippen molar-refractivity contribution in [3.63, 3.8) is 0 Å². The van der Waals surface area contributed by atoms with E-state index in [2.05, 4.69) is 31.3 Å². The Morgan fingerprint density at radius 2 is 1.93 bits per heavy atom. The van der Waals surface area contributed by atoms with Crippen LogP contribution in [0.2, 0.25) is 0 Å². The maximum atomic E-state index is 13.3. The number of nitrogens with zero attached hydrogens (tertiary/aromatic N) is 3. The molecular formula is C17H12BrF3N4O3. The average molecular weight is 457 g/mol. The van der Waals surface area contributed by atoms with Gasteiger partial charge in [-0.25, -0.2) is 9.50 Å². The van der Waals surface area contributed by atoms with E-state index in [0.29, 0.717) is 34.9 Å². The van der Waals surface area contributed by atoms with Crippen molar-refractivity contribution in [3.8, 4) is 11.5 Å². The Morgan fingerprint density at radius 3 is 2.64 bits per heavy atom. The molecule has 146 valence electrons. The van der Waals surface area contributed by atoms with Crippen LogP contribution in [-0.2, 0) is 6.18 Å². The van der Waals surface area contributed by atoms with Crippen molar-refractivity contribution in [1.82, 2.24) is 14.6 Å². The minimum atomic E-state index is -4.65. The van der Waals surface area contributed by atoms with Gasteiger partial charge in [-0.2, -0.15) is 18.3 Å². The van der Waals surface area contributed by atoms with E-state index >= 15 is 0 Å². The third-order valence-corrected chi connectivity index (χ3v) is 4.70. The molecule has 4 rings (SSSR count). The Hall–Kier alpha value is -2.82. The molecule has 0 saturated heterocycles. The minimum absolute atomic E-state index is 0.0664. The average Bonchev–Trinajstić information content (AvgIpc) is 2.97. The summed E-state index contributed by atoms with van der Waals surface area (Å²) in [6, 6.07) is 5.67. The van der Waals surface area contributed by atoms with Crippen molar-refractivity contribution in [1.29, 1.82) is 0 Å². The molecule has 0 spiro atoms. The van der Waals surface area contributed by atoms with Gasteiger partial charge in [-0.1, -0.05) is 0 Å². The quantitative estimate of drug-likeness (QED) is 0.633. The number of carbonyl (C=O) groups is 1. The Balaban J connectivity index is 1.71. The van der Waals surface area contributed by atoms with Gasteiger partial charge in [0.2, 0.25) is 0 Å². The normalized spacial score (nSPS) is 13.6. The van der Waals surface area contributed by atoms with E-state index in [1.807, 2.05) is 0 Å². The number of hydrogen-bond donors (Lipinski definition) is 1. The summed E-state index contributed by atoms with van der Waals surface area (Å²) in [7, 11) is 0. The maximum Gasteiger partial charge on any atom is 0.433 e. The highest BCUT2D eigenvalue weighted by atomic mass is 79.9. The van der Waals surface area contributed by atoms with Crippen molar-refractivity contribution in [2.24, 2.45) is 0 Å². The number of fused-ring (bicyclic) bond motifs is 2. The van der Waals surface area contributed by atoms with E-state index in [1.165, 1.54) is 6.92 Å². The van der Waals surface area contributed by atoms with Gasteiger partial charge in [-0.05, 0) is 41.1 Å². The molecule has 0 atom stereocenters. The van der Waals surface area contributed by atoms with Gasteiger partial charge in [0.1, 0.15) is 18.9 Å². The zero-order valence-electron chi connectivity index (χ0n) is 14.3. The summed E-state index contributed by atoms with van der Waals surface area (Å²) in [5, 5.41) is 6.42. The van der Waals surface area contributed by atoms with Gasteiger partial charge < -0.3 is 14.8 Å². The van der Waals surface area contributed by atoms with Crippen LogP contribution in [0.1, 0.15) is 21.9 Å². The fraction of sp³-hybridized carbons (Fsp3) is 0.235. The molecule has 28 heavy (non-hydrogen) atoms. The molecule has 7 nitrogen and oxygen atoms in total. The summed E-state index contributed by atoms with van der Waals surface area (Å²) >= 11 is 3.14. The lowest BCUT2D eigenvalue weighted by Crippen LogP contribution is -2.17. The Bertz CT molecular complexity index is 1100. The summed E-state index contributed by atoms with van der Waals surface area (Å²) in [6.07, 6.45) is -4.65.